The zero-order valence-corrected chi connectivity index (χ0v) is 29.0. The molecule has 226 valence electrons. The third-order valence-electron chi connectivity index (χ3n) is 6.44. The molecule has 11 heteroatoms. The van der Waals surface area contributed by atoms with E-state index in [2.05, 4.69) is 49.6 Å². The molecule has 2 aromatic heterocycles. The standard InChI is InChI=1S/C19H19NO2S2.C13H14BrNO2S2/c1-14(2)24(21,22)20-18-12-13-23-19(18)17-10-8-16(9-11-17)15-6-4-3-5-7-15;1-9(2)19(16,17)15-12-7-8-18-13(12)10-3-5-11(14)6-4-10/h3-14,20H,1-2H3;3-9,15H,1-2H3. The topological polar surface area (TPSA) is 92.3 Å². The van der Waals surface area contributed by atoms with Crippen LogP contribution >= 0.6 is 38.6 Å². The third-order valence-corrected chi connectivity index (χ3v) is 12.4. The molecule has 0 bridgehead atoms. The number of nitrogens with one attached hydrogen (secondary N) is 2. The molecule has 0 aliphatic rings. The van der Waals surface area contributed by atoms with Gasteiger partial charge in [0.15, 0.2) is 0 Å². The average Bonchev–Trinajstić information content (AvgIpc) is 3.63. The van der Waals surface area contributed by atoms with Gasteiger partial charge in [0.25, 0.3) is 0 Å². The van der Waals surface area contributed by atoms with Crippen molar-refractivity contribution in [1.29, 1.82) is 0 Å². The number of benzene rings is 3. The van der Waals surface area contributed by atoms with Crippen LogP contribution in [0.4, 0.5) is 11.4 Å². The van der Waals surface area contributed by atoms with E-state index in [1.807, 2.05) is 71.4 Å². The lowest BCUT2D eigenvalue weighted by molar-refractivity contribution is 0.591. The first-order chi connectivity index (χ1) is 20.4. The van der Waals surface area contributed by atoms with Crippen molar-refractivity contribution in [3.05, 3.63) is 106 Å². The molecule has 0 aliphatic carbocycles. The van der Waals surface area contributed by atoms with Crippen molar-refractivity contribution in [1.82, 2.24) is 0 Å². The van der Waals surface area contributed by atoms with Crippen LogP contribution in [0, 0.1) is 0 Å². The molecule has 0 aliphatic heterocycles. The summed E-state index contributed by atoms with van der Waals surface area (Å²) in [5.41, 5.74) is 5.59. The summed E-state index contributed by atoms with van der Waals surface area (Å²) in [5.74, 6) is 0. The van der Waals surface area contributed by atoms with Crippen molar-refractivity contribution in [3.63, 3.8) is 0 Å². The maximum absolute atomic E-state index is 12.1. The molecule has 0 saturated carbocycles. The average molecular weight is 718 g/mol. The second-order valence-corrected chi connectivity index (χ2v) is 17.4. The molecule has 5 rings (SSSR count). The molecule has 0 saturated heterocycles. The number of sulfonamides is 2. The first-order valence-corrected chi connectivity index (χ1v) is 19.1. The summed E-state index contributed by atoms with van der Waals surface area (Å²) >= 11 is 6.44. The largest absolute Gasteiger partial charge is 0.282 e. The smallest absolute Gasteiger partial charge is 0.235 e. The van der Waals surface area contributed by atoms with Crippen LogP contribution in [-0.2, 0) is 20.0 Å². The van der Waals surface area contributed by atoms with Gasteiger partial charge in [0.2, 0.25) is 20.0 Å². The normalized spacial score (nSPS) is 11.7. The van der Waals surface area contributed by atoms with Crippen molar-refractivity contribution < 1.29 is 16.8 Å². The van der Waals surface area contributed by atoms with Crippen molar-refractivity contribution in [2.45, 2.75) is 38.2 Å². The molecule has 0 radical (unpaired) electrons. The highest BCUT2D eigenvalue weighted by Gasteiger charge is 2.19. The van der Waals surface area contributed by atoms with E-state index < -0.39 is 30.5 Å². The summed E-state index contributed by atoms with van der Waals surface area (Å²) in [6, 6.07) is 29.8. The van der Waals surface area contributed by atoms with Gasteiger partial charge < -0.3 is 0 Å². The van der Waals surface area contributed by atoms with E-state index in [-0.39, 0.29) is 0 Å². The van der Waals surface area contributed by atoms with E-state index in [0.717, 1.165) is 36.5 Å². The molecular weight excluding hydrogens is 685 g/mol. The molecule has 0 unspecified atom stereocenters. The summed E-state index contributed by atoms with van der Waals surface area (Å²) in [6.45, 7) is 6.66. The molecular formula is C32H33BrN2O4S4. The zero-order chi connectivity index (χ0) is 31.2. The Labute approximate surface area is 271 Å². The molecule has 2 N–H and O–H groups in total. The number of anilines is 2. The van der Waals surface area contributed by atoms with Gasteiger partial charge in [-0.25, -0.2) is 16.8 Å². The Balaban J connectivity index is 0.000000203. The monoisotopic (exact) mass is 716 g/mol. The van der Waals surface area contributed by atoms with Crippen molar-refractivity contribution >= 4 is 70.0 Å². The van der Waals surface area contributed by atoms with Gasteiger partial charge in [-0.15, -0.1) is 22.7 Å². The van der Waals surface area contributed by atoms with Crippen LogP contribution in [0.2, 0.25) is 0 Å². The SMILES string of the molecule is CC(C)S(=O)(=O)Nc1ccsc1-c1ccc(-c2ccccc2)cc1.CC(C)S(=O)(=O)Nc1ccsc1-c1ccc(Br)cc1. The Bertz CT molecular complexity index is 1850. The third kappa shape index (κ3) is 8.57. The first kappa shape index (κ1) is 32.9. The summed E-state index contributed by atoms with van der Waals surface area (Å²) in [6.07, 6.45) is 0. The summed E-state index contributed by atoms with van der Waals surface area (Å²) in [4.78, 5) is 1.86. The Morgan fingerprint density at radius 1 is 0.535 bits per heavy atom. The summed E-state index contributed by atoms with van der Waals surface area (Å²) in [5, 5.41) is 2.87. The molecule has 5 aromatic rings. The van der Waals surface area contributed by atoms with E-state index >= 15 is 0 Å². The van der Waals surface area contributed by atoms with E-state index in [0.29, 0.717) is 11.4 Å². The minimum atomic E-state index is -3.35. The number of hydrogen-bond donors (Lipinski definition) is 2. The fourth-order valence-electron chi connectivity index (χ4n) is 3.81. The van der Waals surface area contributed by atoms with Gasteiger partial charge in [-0.05, 0) is 85.0 Å². The van der Waals surface area contributed by atoms with Crippen LogP contribution in [0.15, 0.2) is 106 Å². The first-order valence-electron chi connectivity index (χ1n) is 13.5. The van der Waals surface area contributed by atoms with Crippen LogP contribution in [0.5, 0.6) is 0 Å². The molecule has 2 heterocycles. The van der Waals surface area contributed by atoms with Crippen molar-refractivity contribution in [2.24, 2.45) is 0 Å². The fraction of sp³-hybridized carbons (Fsp3) is 0.188. The Morgan fingerprint density at radius 2 is 0.907 bits per heavy atom. The second-order valence-electron chi connectivity index (χ2n) is 10.2. The van der Waals surface area contributed by atoms with E-state index in [1.165, 1.54) is 22.7 Å². The zero-order valence-electron chi connectivity index (χ0n) is 24.1. The Morgan fingerprint density at radius 3 is 1.33 bits per heavy atom. The van der Waals surface area contributed by atoms with Crippen molar-refractivity contribution in [3.8, 4) is 32.0 Å². The predicted molar refractivity (Wildman–Crippen MR) is 188 cm³/mol. The maximum Gasteiger partial charge on any atom is 0.235 e. The maximum atomic E-state index is 12.1. The minimum Gasteiger partial charge on any atom is -0.282 e. The highest BCUT2D eigenvalue weighted by atomic mass is 79.9. The highest BCUT2D eigenvalue weighted by Crippen LogP contribution is 2.36. The predicted octanol–water partition coefficient (Wildman–Crippen LogP) is 9.56. The van der Waals surface area contributed by atoms with Crippen molar-refractivity contribution in [2.75, 3.05) is 9.44 Å². The number of hydrogen-bond acceptors (Lipinski definition) is 6. The van der Waals surface area contributed by atoms with Crippen LogP contribution in [-0.4, -0.2) is 27.3 Å². The van der Waals surface area contributed by atoms with E-state index in [1.54, 1.807) is 33.8 Å². The van der Waals surface area contributed by atoms with Gasteiger partial charge in [-0.2, -0.15) is 0 Å². The number of halogens is 1. The minimum absolute atomic E-state index is 0.454. The number of thiophene rings is 2. The Hall–Kier alpha value is -2.96. The van der Waals surface area contributed by atoms with Crippen LogP contribution in [0.25, 0.3) is 32.0 Å². The van der Waals surface area contributed by atoms with E-state index in [9.17, 15) is 16.8 Å². The van der Waals surface area contributed by atoms with Gasteiger partial charge in [-0.3, -0.25) is 9.44 Å². The second kappa shape index (κ2) is 14.2. The van der Waals surface area contributed by atoms with Crippen LogP contribution < -0.4 is 9.44 Å². The lowest BCUT2D eigenvalue weighted by Crippen LogP contribution is -2.22. The van der Waals surface area contributed by atoms with Crippen LogP contribution in [0.1, 0.15) is 27.7 Å². The molecule has 43 heavy (non-hydrogen) atoms. The fourth-order valence-corrected chi connectivity index (χ4v) is 7.35. The molecule has 0 atom stereocenters. The van der Waals surface area contributed by atoms with E-state index in [4.69, 9.17) is 0 Å². The van der Waals surface area contributed by atoms with Gasteiger partial charge in [0.05, 0.1) is 31.6 Å². The number of rotatable bonds is 9. The molecule has 3 aromatic carbocycles. The molecule has 0 amide bonds. The highest BCUT2D eigenvalue weighted by molar-refractivity contribution is 9.10. The van der Waals surface area contributed by atoms with Gasteiger partial charge >= 0.3 is 0 Å². The molecule has 0 fully saturated rings. The summed E-state index contributed by atoms with van der Waals surface area (Å²) in [7, 11) is -6.66. The van der Waals surface area contributed by atoms with Gasteiger partial charge in [-0.1, -0.05) is 82.7 Å². The quantitative estimate of drug-likeness (QED) is 0.159. The Kier molecular flexibility index (Phi) is 10.9. The lowest BCUT2D eigenvalue weighted by atomic mass is 10.0. The molecule has 0 spiro atoms. The van der Waals surface area contributed by atoms with Gasteiger partial charge in [0.1, 0.15) is 0 Å². The molecule has 6 nitrogen and oxygen atoms in total. The lowest BCUT2D eigenvalue weighted by Gasteiger charge is -2.11. The van der Waals surface area contributed by atoms with Crippen LogP contribution in [0.3, 0.4) is 0 Å². The van der Waals surface area contributed by atoms with Gasteiger partial charge in [0, 0.05) is 4.47 Å². The summed E-state index contributed by atoms with van der Waals surface area (Å²) < 4.78 is 54.4.